The van der Waals surface area contributed by atoms with E-state index in [0.717, 1.165) is 23.5 Å². The summed E-state index contributed by atoms with van der Waals surface area (Å²) < 4.78 is 26.2. The van der Waals surface area contributed by atoms with Crippen molar-refractivity contribution >= 4 is 17.2 Å². The van der Waals surface area contributed by atoms with Crippen LogP contribution in [0.25, 0.3) is 10.6 Å². The van der Waals surface area contributed by atoms with Gasteiger partial charge in [0.05, 0.1) is 18.8 Å². The molecule has 1 heterocycles. The molecule has 0 aliphatic rings. The van der Waals surface area contributed by atoms with Crippen molar-refractivity contribution in [1.82, 2.24) is 10.3 Å². The Bertz CT molecular complexity index is 688. The predicted octanol–water partition coefficient (Wildman–Crippen LogP) is 3.23. The minimum absolute atomic E-state index is 0.140. The summed E-state index contributed by atoms with van der Waals surface area (Å²) in [7, 11) is 0. The third-order valence-electron chi connectivity index (χ3n) is 3.21. The molecule has 1 unspecified atom stereocenters. The van der Waals surface area contributed by atoms with Gasteiger partial charge in [-0.05, 0) is 30.5 Å². The van der Waals surface area contributed by atoms with Crippen molar-refractivity contribution in [2.75, 3.05) is 6.61 Å². The quantitative estimate of drug-likeness (QED) is 0.849. The molecule has 7 heteroatoms. The minimum atomic E-state index is -0.957. The Morgan fingerprint density at radius 2 is 2.09 bits per heavy atom. The Balaban J connectivity index is 2.11. The molecule has 2 aromatic rings. The number of rotatable bonds is 6. The van der Waals surface area contributed by atoms with Gasteiger partial charge in [-0.3, -0.25) is 4.79 Å². The van der Waals surface area contributed by atoms with Crippen LogP contribution in [0.4, 0.5) is 8.78 Å². The Hall–Kier alpha value is -1.86. The van der Waals surface area contributed by atoms with Gasteiger partial charge in [0.2, 0.25) is 0 Å². The molecule has 124 valence electrons. The molecule has 0 aliphatic heterocycles. The third kappa shape index (κ3) is 4.56. The fourth-order valence-electron chi connectivity index (χ4n) is 2.15. The molecule has 1 atom stereocenters. The summed E-state index contributed by atoms with van der Waals surface area (Å²) >= 11 is 1.09. The van der Waals surface area contributed by atoms with Crippen LogP contribution in [0.2, 0.25) is 0 Å². The van der Waals surface area contributed by atoms with Gasteiger partial charge in [-0.1, -0.05) is 13.8 Å². The number of aliphatic hydroxyl groups excluding tert-OH is 1. The Morgan fingerprint density at radius 1 is 1.35 bits per heavy atom. The van der Waals surface area contributed by atoms with Crippen LogP contribution in [0, 0.1) is 17.6 Å². The van der Waals surface area contributed by atoms with Crippen molar-refractivity contribution in [2.24, 2.45) is 5.92 Å². The molecule has 0 fully saturated rings. The molecule has 0 bridgehead atoms. The first-order valence-electron chi connectivity index (χ1n) is 7.23. The number of aliphatic hydroxyl groups is 1. The number of nitrogens with one attached hydrogen (secondary N) is 1. The number of thiazole rings is 1. The lowest BCUT2D eigenvalue weighted by atomic mass is 10.0. The maximum Gasteiger partial charge on any atom is 0.263 e. The van der Waals surface area contributed by atoms with Crippen molar-refractivity contribution in [3.63, 3.8) is 0 Å². The first-order chi connectivity index (χ1) is 10.9. The van der Waals surface area contributed by atoms with E-state index in [-0.39, 0.29) is 18.6 Å². The van der Waals surface area contributed by atoms with Crippen LogP contribution < -0.4 is 5.32 Å². The summed E-state index contributed by atoms with van der Waals surface area (Å²) in [6.07, 6.45) is 2.05. The highest BCUT2D eigenvalue weighted by molar-refractivity contribution is 7.16. The average molecular weight is 340 g/mol. The highest BCUT2D eigenvalue weighted by Gasteiger charge is 2.17. The van der Waals surface area contributed by atoms with E-state index in [1.165, 1.54) is 12.3 Å². The number of nitrogens with zero attached hydrogens (tertiary/aromatic N) is 1. The first-order valence-corrected chi connectivity index (χ1v) is 8.05. The number of hydrogen-bond acceptors (Lipinski definition) is 4. The average Bonchev–Trinajstić information content (AvgIpc) is 2.98. The molecule has 23 heavy (non-hydrogen) atoms. The van der Waals surface area contributed by atoms with E-state index in [4.69, 9.17) is 0 Å². The normalized spacial score (nSPS) is 12.4. The van der Waals surface area contributed by atoms with Gasteiger partial charge in [0, 0.05) is 5.56 Å². The molecule has 0 saturated carbocycles. The fourth-order valence-corrected chi connectivity index (χ4v) is 2.96. The lowest BCUT2D eigenvalue weighted by Crippen LogP contribution is -2.38. The van der Waals surface area contributed by atoms with Gasteiger partial charge in [0.1, 0.15) is 9.88 Å². The van der Waals surface area contributed by atoms with Crippen LogP contribution in [-0.2, 0) is 0 Å². The number of aromatic nitrogens is 1. The van der Waals surface area contributed by atoms with Gasteiger partial charge in [-0.2, -0.15) is 0 Å². The summed E-state index contributed by atoms with van der Waals surface area (Å²) in [5.41, 5.74) is 0.411. The summed E-state index contributed by atoms with van der Waals surface area (Å²) in [5.74, 6) is -1.88. The minimum Gasteiger partial charge on any atom is -0.394 e. The van der Waals surface area contributed by atoms with Crippen LogP contribution in [0.1, 0.15) is 29.9 Å². The molecule has 1 amide bonds. The van der Waals surface area contributed by atoms with Crippen molar-refractivity contribution < 1.29 is 18.7 Å². The van der Waals surface area contributed by atoms with Gasteiger partial charge >= 0.3 is 0 Å². The van der Waals surface area contributed by atoms with Crippen LogP contribution in [0.15, 0.2) is 24.4 Å². The fraction of sp³-hybridized carbons (Fsp3) is 0.375. The molecular weight excluding hydrogens is 322 g/mol. The van der Waals surface area contributed by atoms with Crippen molar-refractivity contribution in [1.29, 1.82) is 0 Å². The highest BCUT2D eigenvalue weighted by atomic mass is 32.1. The van der Waals surface area contributed by atoms with E-state index < -0.39 is 11.6 Å². The maximum absolute atomic E-state index is 13.3. The molecule has 0 spiro atoms. The largest absolute Gasteiger partial charge is 0.394 e. The topological polar surface area (TPSA) is 62.2 Å². The third-order valence-corrected chi connectivity index (χ3v) is 4.25. The zero-order chi connectivity index (χ0) is 17.0. The van der Waals surface area contributed by atoms with E-state index >= 15 is 0 Å². The number of amides is 1. The van der Waals surface area contributed by atoms with Crippen LogP contribution in [-0.4, -0.2) is 28.6 Å². The molecule has 1 aromatic carbocycles. The van der Waals surface area contributed by atoms with Gasteiger partial charge in [-0.15, -0.1) is 11.3 Å². The van der Waals surface area contributed by atoms with Crippen molar-refractivity contribution in [3.05, 3.63) is 40.9 Å². The number of benzene rings is 1. The first kappa shape index (κ1) is 17.5. The van der Waals surface area contributed by atoms with Gasteiger partial charge in [0.25, 0.3) is 5.91 Å². The Labute approximate surface area is 137 Å². The van der Waals surface area contributed by atoms with E-state index in [0.29, 0.717) is 27.8 Å². The van der Waals surface area contributed by atoms with E-state index in [9.17, 15) is 18.7 Å². The van der Waals surface area contributed by atoms with Gasteiger partial charge < -0.3 is 10.4 Å². The predicted molar refractivity (Wildman–Crippen MR) is 85.3 cm³/mol. The van der Waals surface area contributed by atoms with Crippen molar-refractivity contribution in [3.8, 4) is 10.6 Å². The molecule has 0 radical (unpaired) electrons. The van der Waals surface area contributed by atoms with E-state index in [2.05, 4.69) is 10.3 Å². The number of hydrogen-bond donors (Lipinski definition) is 2. The zero-order valence-electron chi connectivity index (χ0n) is 12.8. The van der Waals surface area contributed by atoms with Gasteiger partial charge in [0.15, 0.2) is 11.6 Å². The second kappa shape index (κ2) is 7.61. The molecule has 0 saturated heterocycles. The zero-order valence-corrected chi connectivity index (χ0v) is 13.7. The van der Waals surface area contributed by atoms with Gasteiger partial charge in [-0.25, -0.2) is 13.8 Å². The lowest BCUT2D eigenvalue weighted by Gasteiger charge is -2.17. The Morgan fingerprint density at radius 3 is 2.70 bits per heavy atom. The molecule has 4 nitrogen and oxygen atoms in total. The second-order valence-electron chi connectivity index (χ2n) is 5.64. The maximum atomic E-state index is 13.3. The number of carbonyl (C=O) groups is 1. The Kier molecular flexibility index (Phi) is 5.79. The molecule has 1 aromatic heterocycles. The highest BCUT2D eigenvalue weighted by Crippen LogP contribution is 2.26. The number of halogens is 2. The lowest BCUT2D eigenvalue weighted by molar-refractivity contribution is 0.0912. The molecular formula is C16H18F2N2O2S. The summed E-state index contributed by atoms with van der Waals surface area (Å²) in [4.78, 5) is 16.6. The second-order valence-corrected chi connectivity index (χ2v) is 6.67. The van der Waals surface area contributed by atoms with E-state index in [1.54, 1.807) is 0 Å². The summed E-state index contributed by atoms with van der Waals surface area (Å²) in [6, 6.07) is 3.16. The molecule has 2 rings (SSSR count). The molecule has 0 aliphatic carbocycles. The smallest absolute Gasteiger partial charge is 0.263 e. The van der Waals surface area contributed by atoms with Crippen LogP contribution >= 0.6 is 11.3 Å². The molecule has 2 N–H and O–H groups in total. The SMILES string of the molecule is CC(C)CC(CO)NC(=O)c1cnc(-c2ccc(F)c(F)c2)s1. The van der Waals surface area contributed by atoms with Crippen molar-refractivity contribution in [2.45, 2.75) is 26.3 Å². The van der Waals surface area contributed by atoms with E-state index in [1.807, 2.05) is 13.8 Å². The standard InChI is InChI=1S/C16H18F2N2O2S/c1-9(2)5-11(8-21)20-15(22)14-7-19-16(23-14)10-3-4-12(17)13(18)6-10/h3-4,6-7,9,11,21H,5,8H2,1-2H3,(H,20,22). The van der Waals surface area contributed by atoms with Crippen LogP contribution in [0.3, 0.4) is 0 Å². The van der Waals surface area contributed by atoms with Crippen LogP contribution in [0.5, 0.6) is 0 Å². The summed E-state index contributed by atoms with van der Waals surface area (Å²) in [5, 5.41) is 12.5. The monoisotopic (exact) mass is 340 g/mol. The number of carbonyl (C=O) groups excluding carboxylic acids is 1. The summed E-state index contributed by atoms with van der Waals surface area (Å²) in [6.45, 7) is 3.87.